The zero-order chi connectivity index (χ0) is 14.8. The van der Waals surface area contributed by atoms with Gasteiger partial charge in [-0.15, -0.1) is 0 Å². The molecule has 0 radical (unpaired) electrons. The Kier molecular flexibility index (Phi) is 4.74. The van der Waals surface area contributed by atoms with E-state index in [4.69, 9.17) is 10.5 Å². The van der Waals surface area contributed by atoms with Gasteiger partial charge in [-0.25, -0.2) is 0 Å². The van der Waals surface area contributed by atoms with Gasteiger partial charge in [-0.1, -0.05) is 45.4 Å². The van der Waals surface area contributed by atoms with Crippen LogP contribution in [0.1, 0.15) is 52.0 Å². The molecular weight excluding hydrogens is 246 g/mol. The Morgan fingerprint density at radius 3 is 2.60 bits per heavy atom. The summed E-state index contributed by atoms with van der Waals surface area (Å²) < 4.78 is 6.24. The van der Waals surface area contributed by atoms with E-state index in [1.54, 1.807) is 0 Å². The summed E-state index contributed by atoms with van der Waals surface area (Å²) >= 11 is 0. The number of benzene rings is 1. The number of rotatable bonds is 4. The van der Waals surface area contributed by atoms with Crippen molar-refractivity contribution < 1.29 is 4.74 Å². The van der Waals surface area contributed by atoms with E-state index < -0.39 is 0 Å². The molecule has 0 aliphatic heterocycles. The fourth-order valence-electron chi connectivity index (χ4n) is 3.14. The second-order valence-electron chi connectivity index (χ2n) is 6.94. The van der Waals surface area contributed by atoms with Crippen LogP contribution in [0.3, 0.4) is 0 Å². The molecule has 1 fully saturated rings. The van der Waals surface area contributed by atoms with E-state index in [1.807, 2.05) is 12.1 Å². The summed E-state index contributed by atoms with van der Waals surface area (Å²) in [5.41, 5.74) is 7.87. The number of aryl methyl sites for hydroxylation is 1. The van der Waals surface area contributed by atoms with Gasteiger partial charge < -0.3 is 10.5 Å². The molecule has 0 saturated heterocycles. The Morgan fingerprint density at radius 2 is 1.95 bits per heavy atom. The highest BCUT2D eigenvalue weighted by atomic mass is 16.5. The van der Waals surface area contributed by atoms with Crippen LogP contribution >= 0.6 is 0 Å². The summed E-state index contributed by atoms with van der Waals surface area (Å²) in [5.74, 6) is 1.70. The van der Waals surface area contributed by atoms with E-state index in [0.29, 0.717) is 11.3 Å². The van der Waals surface area contributed by atoms with Crippen LogP contribution in [0, 0.1) is 18.3 Å². The van der Waals surface area contributed by atoms with Gasteiger partial charge >= 0.3 is 0 Å². The summed E-state index contributed by atoms with van der Waals surface area (Å²) in [7, 11) is 0. The zero-order valence-electron chi connectivity index (χ0n) is 13.4. The lowest BCUT2D eigenvalue weighted by Crippen LogP contribution is -2.46. The summed E-state index contributed by atoms with van der Waals surface area (Å²) in [6.45, 7) is 9.13. The number of ether oxygens (including phenoxy) is 1. The smallest absolute Gasteiger partial charge is 0.122 e. The Labute approximate surface area is 123 Å². The largest absolute Gasteiger partial charge is 0.489 e. The van der Waals surface area contributed by atoms with E-state index in [0.717, 1.165) is 18.6 Å². The topological polar surface area (TPSA) is 35.2 Å². The maximum atomic E-state index is 6.30. The lowest BCUT2D eigenvalue weighted by molar-refractivity contribution is 0.0498. The Morgan fingerprint density at radius 1 is 1.25 bits per heavy atom. The van der Waals surface area contributed by atoms with Gasteiger partial charge in [0.2, 0.25) is 0 Å². The molecule has 3 unspecified atom stereocenters. The van der Waals surface area contributed by atoms with Crippen LogP contribution in [0.25, 0.3) is 0 Å². The molecule has 1 aromatic carbocycles. The Hall–Kier alpha value is -1.02. The molecule has 0 aromatic heterocycles. The van der Waals surface area contributed by atoms with Crippen LogP contribution in [-0.4, -0.2) is 12.1 Å². The van der Waals surface area contributed by atoms with Crippen LogP contribution in [0.5, 0.6) is 5.75 Å². The molecule has 0 bridgehead atoms. The fourth-order valence-corrected chi connectivity index (χ4v) is 3.14. The predicted octanol–water partition coefficient (Wildman–Crippen LogP) is 4.31. The second kappa shape index (κ2) is 6.17. The van der Waals surface area contributed by atoms with Gasteiger partial charge in [0.05, 0.1) is 0 Å². The minimum atomic E-state index is 0.153. The molecule has 0 heterocycles. The van der Waals surface area contributed by atoms with E-state index in [9.17, 15) is 0 Å². The highest BCUT2D eigenvalue weighted by Crippen LogP contribution is 2.41. The average molecular weight is 275 g/mol. The fraction of sp³-hybridized carbons (Fsp3) is 0.667. The summed E-state index contributed by atoms with van der Waals surface area (Å²) in [6, 6.07) is 8.39. The zero-order valence-corrected chi connectivity index (χ0v) is 13.4. The molecule has 0 spiro atoms. The summed E-state index contributed by atoms with van der Waals surface area (Å²) in [4.78, 5) is 0. The van der Waals surface area contributed by atoms with Crippen molar-refractivity contribution >= 4 is 0 Å². The highest BCUT2D eigenvalue weighted by molar-refractivity contribution is 5.32. The van der Waals surface area contributed by atoms with Crippen molar-refractivity contribution in [3.05, 3.63) is 29.8 Å². The van der Waals surface area contributed by atoms with Gasteiger partial charge in [-0.05, 0) is 49.1 Å². The van der Waals surface area contributed by atoms with Crippen LogP contribution in [0.4, 0.5) is 0 Å². The summed E-state index contributed by atoms with van der Waals surface area (Å²) in [5, 5.41) is 0. The van der Waals surface area contributed by atoms with Crippen molar-refractivity contribution in [3.8, 4) is 5.75 Å². The molecule has 1 aliphatic rings. The van der Waals surface area contributed by atoms with E-state index in [2.05, 4.69) is 39.8 Å². The van der Waals surface area contributed by atoms with E-state index in [1.165, 1.54) is 18.4 Å². The number of hydrogen-bond acceptors (Lipinski definition) is 2. The van der Waals surface area contributed by atoms with Crippen LogP contribution in [0.2, 0.25) is 0 Å². The highest BCUT2D eigenvalue weighted by Gasteiger charge is 2.37. The predicted molar refractivity (Wildman–Crippen MR) is 85.0 cm³/mol. The molecule has 0 amide bonds. The molecule has 1 saturated carbocycles. The lowest BCUT2D eigenvalue weighted by Gasteiger charge is -2.42. The Balaban J connectivity index is 2.08. The van der Waals surface area contributed by atoms with Gasteiger partial charge in [0.15, 0.2) is 0 Å². The van der Waals surface area contributed by atoms with Crippen LogP contribution in [-0.2, 0) is 0 Å². The maximum Gasteiger partial charge on any atom is 0.122 e. The van der Waals surface area contributed by atoms with Crippen molar-refractivity contribution in [3.63, 3.8) is 0 Å². The molecular formula is C18H29NO. The SMILES string of the molecule is CCC(C)(C)C1CCC(N)C(Oc2ccccc2C)C1. The number of hydrogen-bond donors (Lipinski definition) is 1. The monoisotopic (exact) mass is 275 g/mol. The number of para-hydroxylation sites is 1. The van der Waals surface area contributed by atoms with Gasteiger partial charge in [0.1, 0.15) is 11.9 Å². The first-order chi connectivity index (χ1) is 9.44. The molecule has 20 heavy (non-hydrogen) atoms. The standard InChI is InChI=1S/C18H29NO/c1-5-18(3,4)14-10-11-15(19)17(12-14)20-16-9-7-6-8-13(16)2/h6-9,14-15,17H,5,10-12,19H2,1-4H3. The van der Waals surface area contributed by atoms with Gasteiger partial charge in [-0.2, -0.15) is 0 Å². The second-order valence-corrected chi connectivity index (χ2v) is 6.94. The minimum absolute atomic E-state index is 0.153. The molecule has 112 valence electrons. The van der Waals surface area contributed by atoms with Crippen molar-refractivity contribution in [2.75, 3.05) is 0 Å². The number of nitrogens with two attached hydrogens (primary N) is 1. The van der Waals surface area contributed by atoms with E-state index in [-0.39, 0.29) is 12.1 Å². The third-order valence-electron chi connectivity index (χ3n) is 5.23. The van der Waals surface area contributed by atoms with Crippen LogP contribution in [0.15, 0.2) is 24.3 Å². The molecule has 2 heteroatoms. The third-order valence-corrected chi connectivity index (χ3v) is 5.23. The first-order valence-corrected chi connectivity index (χ1v) is 7.92. The van der Waals surface area contributed by atoms with Gasteiger partial charge in [0, 0.05) is 6.04 Å². The normalized spacial score (nSPS) is 27.4. The molecule has 3 atom stereocenters. The molecule has 1 aromatic rings. The van der Waals surface area contributed by atoms with Gasteiger partial charge in [-0.3, -0.25) is 0 Å². The van der Waals surface area contributed by atoms with Crippen molar-refractivity contribution in [1.82, 2.24) is 0 Å². The lowest BCUT2D eigenvalue weighted by atomic mass is 9.68. The van der Waals surface area contributed by atoms with Crippen molar-refractivity contribution in [2.45, 2.75) is 65.5 Å². The Bertz CT molecular complexity index is 441. The molecule has 2 nitrogen and oxygen atoms in total. The molecule has 2 rings (SSSR count). The first kappa shape index (κ1) is 15.4. The van der Waals surface area contributed by atoms with Crippen molar-refractivity contribution in [1.29, 1.82) is 0 Å². The third kappa shape index (κ3) is 3.35. The quantitative estimate of drug-likeness (QED) is 0.889. The van der Waals surface area contributed by atoms with Crippen molar-refractivity contribution in [2.24, 2.45) is 17.1 Å². The minimum Gasteiger partial charge on any atom is -0.489 e. The summed E-state index contributed by atoms with van der Waals surface area (Å²) in [6.07, 6.45) is 4.75. The maximum absolute atomic E-state index is 6.30. The average Bonchev–Trinajstić information content (AvgIpc) is 2.43. The van der Waals surface area contributed by atoms with E-state index >= 15 is 0 Å². The molecule has 2 N–H and O–H groups in total. The van der Waals surface area contributed by atoms with Gasteiger partial charge in [0.25, 0.3) is 0 Å². The van der Waals surface area contributed by atoms with Crippen LogP contribution < -0.4 is 10.5 Å². The first-order valence-electron chi connectivity index (χ1n) is 7.92. The molecule has 1 aliphatic carbocycles.